The van der Waals surface area contributed by atoms with Gasteiger partial charge in [-0.1, -0.05) is 23.7 Å². The van der Waals surface area contributed by atoms with Gasteiger partial charge in [-0.2, -0.15) is 13.2 Å². The lowest BCUT2D eigenvalue weighted by Gasteiger charge is -2.20. The van der Waals surface area contributed by atoms with Crippen LogP contribution in [0, 0.1) is 0 Å². The van der Waals surface area contributed by atoms with Gasteiger partial charge in [-0.05, 0) is 30.3 Å². The van der Waals surface area contributed by atoms with E-state index in [4.69, 9.17) is 11.6 Å². The number of alkyl halides is 3. The van der Waals surface area contributed by atoms with Crippen LogP contribution in [-0.2, 0) is 6.18 Å². The van der Waals surface area contributed by atoms with Gasteiger partial charge in [-0.3, -0.25) is 4.79 Å². The van der Waals surface area contributed by atoms with Crippen LogP contribution < -0.4 is 10.2 Å². The fraction of sp³-hybridized carbons (Fsp3) is 0.188. The van der Waals surface area contributed by atoms with Crippen LogP contribution in [0.4, 0.5) is 24.5 Å². The van der Waals surface area contributed by atoms with E-state index in [1.54, 1.807) is 31.1 Å². The lowest BCUT2D eigenvalue weighted by molar-refractivity contribution is -0.137. The van der Waals surface area contributed by atoms with Crippen molar-refractivity contribution in [1.29, 1.82) is 0 Å². The fourth-order valence-corrected chi connectivity index (χ4v) is 2.26. The molecular weight excluding hydrogens is 329 g/mol. The Kier molecular flexibility index (Phi) is 4.85. The van der Waals surface area contributed by atoms with Crippen LogP contribution in [0.25, 0.3) is 0 Å². The van der Waals surface area contributed by atoms with E-state index in [2.05, 4.69) is 5.32 Å². The van der Waals surface area contributed by atoms with Gasteiger partial charge < -0.3 is 10.2 Å². The molecule has 0 aliphatic rings. The van der Waals surface area contributed by atoms with E-state index in [9.17, 15) is 18.0 Å². The summed E-state index contributed by atoms with van der Waals surface area (Å²) in [5, 5.41) is 2.72. The second-order valence-corrected chi connectivity index (χ2v) is 5.47. The Bertz CT molecular complexity index is 730. The summed E-state index contributed by atoms with van der Waals surface area (Å²) in [6.07, 6.45) is -4.49. The highest BCUT2D eigenvalue weighted by molar-refractivity contribution is 6.34. The first-order valence-electron chi connectivity index (χ1n) is 6.64. The Balaban J connectivity index is 2.41. The molecule has 2 rings (SSSR count). The van der Waals surface area contributed by atoms with Crippen LogP contribution >= 0.6 is 11.6 Å². The highest BCUT2D eigenvalue weighted by Crippen LogP contribution is 2.35. The number of hydrogen-bond donors (Lipinski definition) is 1. The maximum atomic E-state index is 12.9. The highest BCUT2D eigenvalue weighted by Gasteiger charge is 2.31. The maximum Gasteiger partial charge on any atom is 0.416 e. The molecule has 3 nitrogen and oxygen atoms in total. The molecule has 0 spiro atoms. The highest BCUT2D eigenvalue weighted by atomic mass is 35.5. The van der Waals surface area contributed by atoms with E-state index in [1.807, 2.05) is 0 Å². The molecule has 1 N–H and O–H groups in total. The minimum Gasteiger partial charge on any atom is -0.376 e. The second-order valence-electron chi connectivity index (χ2n) is 5.06. The quantitative estimate of drug-likeness (QED) is 0.878. The van der Waals surface area contributed by atoms with E-state index in [-0.39, 0.29) is 16.3 Å². The lowest BCUT2D eigenvalue weighted by Crippen LogP contribution is -2.18. The zero-order valence-corrected chi connectivity index (χ0v) is 13.2. The molecule has 0 heterocycles. The van der Waals surface area contributed by atoms with Crippen molar-refractivity contribution in [2.45, 2.75) is 6.18 Å². The predicted molar refractivity (Wildman–Crippen MR) is 85.2 cm³/mol. The number of carbonyl (C=O) groups is 1. The summed E-state index contributed by atoms with van der Waals surface area (Å²) in [5.74, 6) is -0.571. The van der Waals surface area contributed by atoms with Crippen molar-refractivity contribution in [3.8, 4) is 0 Å². The monoisotopic (exact) mass is 342 g/mol. The molecule has 0 fully saturated rings. The minimum absolute atomic E-state index is 0.0646. The number of anilines is 2. The largest absolute Gasteiger partial charge is 0.416 e. The third-order valence-corrected chi connectivity index (χ3v) is 3.50. The predicted octanol–water partition coefficient (Wildman–Crippen LogP) is 4.68. The van der Waals surface area contributed by atoms with Crippen LogP contribution in [0.15, 0.2) is 42.5 Å². The number of nitrogens with one attached hydrogen (secondary N) is 1. The van der Waals surface area contributed by atoms with Gasteiger partial charge in [-0.25, -0.2) is 0 Å². The first-order valence-corrected chi connectivity index (χ1v) is 7.02. The third-order valence-electron chi connectivity index (χ3n) is 3.17. The molecule has 0 unspecified atom stereocenters. The number of amides is 1. The number of rotatable bonds is 3. The molecule has 0 aliphatic heterocycles. The molecule has 1 amide bonds. The zero-order chi connectivity index (χ0) is 17.2. The Morgan fingerprint density at radius 2 is 1.78 bits per heavy atom. The first-order chi connectivity index (χ1) is 10.7. The van der Waals surface area contributed by atoms with E-state index < -0.39 is 17.6 Å². The Morgan fingerprint density at radius 1 is 1.13 bits per heavy atom. The normalized spacial score (nSPS) is 11.2. The molecule has 0 saturated carbocycles. The molecule has 0 aromatic heterocycles. The number of halogens is 4. The van der Waals surface area contributed by atoms with Gasteiger partial charge in [0, 0.05) is 14.1 Å². The van der Waals surface area contributed by atoms with Gasteiger partial charge in [0.05, 0.1) is 27.5 Å². The Morgan fingerprint density at radius 3 is 2.35 bits per heavy atom. The number of nitrogens with zero attached hydrogens (tertiary/aromatic N) is 1. The van der Waals surface area contributed by atoms with Crippen LogP contribution in [0.5, 0.6) is 0 Å². The van der Waals surface area contributed by atoms with Gasteiger partial charge in [-0.15, -0.1) is 0 Å². The van der Waals surface area contributed by atoms with E-state index >= 15 is 0 Å². The van der Waals surface area contributed by atoms with Gasteiger partial charge in [0.15, 0.2) is 0 Å². The molecule has 0 atom stereocenters. The molecule has 23 heavy (non-hydrogen) atoms. The summed E-state index contributed by atoms with van der Waals surface area (Å²) < 4.78 is 38.6. The standard InChI is InChI=1S/C16H14ClF3N2O/c1-22(2)14-8-7-10(16(18,19)20)9-13(14)21-15(23)11-5-3-4-6-12(11)17/h3-9H,1-2H3,(H,21,23). The maximum absolute atomic E-state index is 12.9. The summed E-state index contributed by atoms with van der Waals surface area (Å²) in [6.45, 7) is 0. The van der Waals surface area contributed by atoms with Crippen molar-refractivity contribution in [2.24, 2.45) is 0 Å². The van der Waals surface area contributed by atoms with Gasteiger partial charge in [0.2, 0.25) is 0 Å². The molecule has 122 valence electrons. The second kappa shape index (κ2) is 6.50. The SMILES string of the molecule is CN(C)c1ccc(C(F)(F)F)cc1NC(=O)c1ccccc1Cl. The van der Waals surface area contributed by atoms with Crippen molar-refractivity contribution in [3.05, 3.63) is 58.6 Å². The molecule has 0 aliphatic carbocycles. The molecule has 0 bridgehead atoms. The third kappa shape index (κ3) is 3.96. The van der Waals surface area contributed by atoms with Gasteiger partial charge in [0.1, 0.15) is 0 Å². The summed E-state index contributed by atoms with van der Waals surface area (Å²) >= 11 is 5.94. The molecule has 7 heteroatoms. The summed E-state index contributed by atoms with van der Waals surface area (Å²) in [6, 6.07) is 9.51. The molecular formula is C16H14ClF3N2O. The molecule has 0 saturated heterocycles. The zero-order valence-electron chi connectivity index (χ0n) is 12.4. The smallest absolute Gasteiger partial charge is 0.376 e. The number of carbonyl (C=O) groups excluding carboxylic acids is 1. The van der Waals surface area contributed by atoms with E-state index in [1.165, 1.54) is 18.2 Å². The van der Waals surface area contributed by atoms with Crippen molar-refractivity contribution in [2.75, 3.05) is 24.3 Å². The average molecular weight is 343 g/mol. The Hall–Kier alpha value is -2.21. The van der Waals surface area contributed by atoms with Crippen LogP contribution in [0.3, 0.4) is 0 Å². The van der Waals surface area contributed by atoms with Crippen LogP contribution in [0.2, 0.25) is 5.02 Å². The van der Waals surface area contributed by atoms with Crippen molar-refractivity contribution in [3.63, 3.8) is 0 Å². The topological polar surface area (TPSA) is 32.3 Å². The van der Waals surface area contributed by atoms with Crippen molar-refractivity contribution >= 4 is 28.9 Å². The minimum atomic E-state index is -4.49. The average Bonchev–Trinajstić information content (AvgIpc) is 2.46. The van der Waals surface area contributed by atoms with E-state index in [0.29, 0.717) is 5.69 Å². The summed E-state index contributed by atoms with van der Waals surface area (Å²) in [5.41, 5.74) is -0.123. The first kappa shape index (κ1) is 17.1. The summed E-state index contributed by atoms with van der Waals surface area (Å²) in [7, 11) is 3.35. The molecule has 2 aromatic carbocycles. The van der Waals surface area contributed by atoms with Crippen molar-refractivity contribution in [1.82, 2.24) is 0 Å². The fourth-order valence-electron chi connectivity index (χ4n) is 2.04. The van der Waals surface area contributed by atoms with Gasteiger partial charge >= 0.3 is 6.18 Å². The lowest BCUT2D eigenvalue weighted by atomic mass is 10.1. The van der Waals surface area contributed by atoms with Crippen LogP contribution in [-0.4, -0.2) is 20.0 Å². The van der Waals surface area contributed by atoms with Gasteiger partial charge in [0.25, 0.3) is 5.91 Å². The van der Waals surface area contributed by atoms with Crippen molar-refractivity contribution < 1.29 is 18.0 Å². The summed E-state index contributed by atoms with van der Waals surface area (Å²) in [4.78, 5) is 13.9. The number of hydrogen-bond acceptors (Lipinski definition) is 2. The molecule has 0 radical (unpaired) electrons. The van der Waals surface area contributed by atoms with Crippen LogP contribution in [0.1, 0.15) is 15.9 Å². The number of benzene rings is 2. The molecule has 2 aromatic rings. The Labute approximate surface area is 136 Å². The van der Waals surface area contributed by atoms with E-state index in [0.717, 1.165) is 12.1 Å².